The lowest BCUT2D eigenvalue weighted by Crippen LogP contribution is -2.37. The normalized spacial score (nSPS) is 12.9. The molecule has 0 atom stereocenters. The number of benzene rings is 1. The predicted molar refractivity (Wildman–Crippen MR) is 70.0 cm³/mol. The molecule has 1 aromatic carbocycles. The number of hydrogen-bond acceptors (Lipinski definition) is 4. The van der Waals surface area contributed by atoms with Gasteiger partial charge in [0.2, 0.25) is 10.0 Å². The molecule has 0 heterocycles. The van der Waals surface area contributed by atoms with Gasteiger partial charge in [0, 0.05) is 7.05 Å². The second kappa shape index (κ2) is 6.36. The molecule has 0 aliphatic rings. The Balaban J connectivity index is 2.60. The second-order valence-corrected chi connectivity index (χ2v) is 6.09. The van der Waals surface area contributed by atoms with E-state index in [2.05, 4.69) is 5.16 Å². The van der Waals surface area contributed by atoms with Crippen LogP contribution in [0.2, 0.25) is 0 Å². The molecule has 0 saturated carbocycles. The Morgan fingerprint density at radius 2 is 2.00 bits per heavy atom. The lowest BCUT2D eigenvalue weighted by molar-refractivity contribution is 0.315. The smallest absolute Gasteiger partial charge is 0.214 e. The number of hydrogen-bond donors (Lipinski definition) is 2. The molecule has 0 radical (unpaired) electrons. The molecule has 0 amide bonds. The van der Waals surface area contributed by atoms with Crippen molar-refractivity contribution in [3.8, 4) is 0 Å². The van der Waals surface area contributed by atoms with Gasteiger partial charge in [0.15, 0.2) is 5.84 Å². The molecule has 0 aliphatic heterocycles. The second-order valence-electron chi connectivity index (χ2n) is 3.90. The molecule has 0 saturated heterocycles. The van der Waals surface area contributed by atoms with Crippen LogP contribution in [0.25, 0.3) is 0 Å². The third-order valence-electron chi connectivity index (χ3n) is 2.48. The topological polar surface area (TPSA) is 96.0 Å². The highest BCUT2D eigenvalue weighted by Crippen LogP contribution is 2.05. The van der Waals surface area contributed by atoms with Crippen LogP contribution in [0.5, 0.6) is 0 Å². The van der Waals surface area contributed by atoms with Crippen LogP contribution >= 0.6 is 0 Å². The standard InChI is InChI=1S/C11H17N3O3S/c1-14(9-11(12)13-15)18(16,17)8-7-10-5-3-2-4-6-10/h2-6,15H,7-9H2,1H3,(H2,12,13). The number of likely N-dealkylation sites (N-methyl/N-ethyl adjacent to an activating group) is 1. The van der Waals surface area contributed by atoms with E-state index in [9.17, 15) is 8.42 Å². The fourth-order valence-corrected chi connectivity index (χ4v) is 2.54. The first-order valence-electron chi connectivity index (χ1n) is 5.40. The van der Waals surface area contributed by atoms with E-state index in [0.717, 1.165) is 9.87 Å². The van der Waals surface area contributed by atoms with Crippen molar-refractivity contribution >= 4 is 15.9 Å². The Kier molecular flexibility index (Phi) is 5.11. The highest BCUT2D eigenvalue weighted by atomic mass is 32.2. The molecule has 1 rings (SSSR count). The van der Waals surface area contributed by atoms with Gasteiger partial charge in [-0.15, -0.1) is 0 Å². The third-order valence-corrected chi connectivity index (χ3v) is 4.28. The number of oxime groups is 1. The molecule has 0 fully saturated rings. The van der Waals surface area contributed by atoms with Crippen molar-refractivity contribution in [1.29, 1.82) is 0 Å². The summed E-state index contributed by atoms with van der Waals surface area (Å²) in [5, 5.41) is 11.1. The Hall–Kier alpha value is -1.60. The SMILES string of the molecule is CN(C/C(N)=N/O)S(=O)(=O)CCc1ccccc1. The van der Waals surface area contributed by atoms with Crippen LogP contribution in [0.1, 0.15) is 5.56 Å². The first kappa shape index (κ1) is 14.5. The van der Waals surface area contributed by atoms with Crippen molar-refractivity contribution in [2.75, 3.05) is 19.3 Å². The van der Waals surface area contributed by atoms with E-state index in [1.807, 2.05) is 30.3 Å². The summed E-state index contributed by atoms with van der Waals surface area (Å²) in [6.07, 6.45) is 0.434. The first-order valence-corrected chi connectivity index (χ1v) is 7.01. The van der Waals surface area contributed by atoms with E-state index in [1.54, 1.807) is 0 Å². The zero-order valence-electron chi connectivity index (χ0n) is 10.2. The summed E-state index contributed by atoms with van der Waals surface area (Å²) in [5.74, 6) is -0.146. The van der Waals surface area contributed by atoms with Gasteiger partial charge < -0.3 is 10.9 Å². The fraction of sp³-hybridized carbons (Fsp3) is 0.364. The van der Waals surface area contributed by atoms with Gasteiger partial charge in [-0.1, -0.05) is 35.5 Å². The van der Waals surface area contributed by atoms with Crippen LogP contribution in [0, 0.1) is 0 Å². The number of nitrogens with two attached hydrogens (primary N) is 1. The minimum Gasteiger partial charge on any atom is -0.409 e. The van der Waals surface area contributed by atoms with Gasteiger partial charge in [0.05, 0.1) is 12.3 Å². The zero-order chi connectivity index (χ0) is 13.6. The quantitative estimate of drug-likeness (QED) is 0.335. The summed E-state index contributed by atoms with van der Waals surface area (Å²) in [6.45, 7) is -0.117. The molecule has 3 N–H and O–H groups in total. The lowest BCUT2D eigenvalue weighted by atomic mass is 10.2. The summed E-state index contributed by atoms with van der Waals surface area (Å²) >= 11 is 0. The molecule has 0 aromatic heterocycles. The average molecular weight is 271 g/mol. The van der Waals surface area contributed by atoms with Gasteiger partial charge in [-0.25, -0.2) is 8.42 Å². The molecule has 6 nitrogen and oxygen atoms in total. The minimum atomic E-state index is -3.40. The van der Waals surface area contributed by atoms with Gasteiger partial charge in [-0.2, -0.15) is 4.31 Å². The number of rotatable bonds is 6. The predicted octanol–water partition coefficient (Wildman–Crippen LogP) is 0.237. The largest absolute Gasteiger partial charge is 0.409 e. The van der Waals surface area contributed by atoms with Gasteiger partial charge in [-0.05, 0) is 12.0 Å². The first-order chi connectivity index (χ1) is 8.45. The molecule has 7 heteroatoms. The van der Waals surface area contributed by atoms with Crippen molar-refractivity contribution in [1.82, 2.24) is 4.31 Å². The number of nitrogens with zero attached hydrogens (tertiary/aromatic N) is 2. The molecule has 100 valence electrons. The summed E-state index contributed by atoms with van der Waals surface area (Å²) in [7, 11) is -2.00. The van der Waals surface area contributed by atoms with Crippen LogP contribution in [0.3, 0.4) is 0 Å². The van der Waals surface area contributed by atoms with Crippen molar-refractivity contribution < 1.29 is 13.6 Å². The van der Waals surface area contributed by atoms with Crippen molar-refractivity contribution in [2.24, 2.45) is 10.9 Å². The average Bonchev–Trinajstić information content (AvgIpc) is 2.37. The fourth-order valence-electron chi connectivity index (χ4n) is 1.41. The van der Waals surface area contributed by atoms with Crippen molar-refractivity contribution in [2.45, 2.75) is 6.42 Å². The highest BCUT2D eigenvalue weighted by Gasteiger charge is 2.18. The van der Waals surface area contributed by atoms with Crippen molar-refractivity contribution in [3.05, 3.63) is 35.9 Å². The van der Waals surface area contributed by atoms with Crippen molar-refractivity contribution in [3.63, 3.8) is 0 Å². The monoisotopic (exact) mass is 271 g/mol. The number of amidine groups is 1. The third kappa shape index (κ3) is 4.34. The summed E-state index contributed by atoms with van der Waals surface area (Å²) < 4.78 is 24.9. The van der Waals surface area contributed by atoms with Crippen LogP contribution in [-0.2, 0) is 16.4 Å². The molecule has 0 aliphatic carbocycles. The summed E-state index contributed by atoms with van der Waals surface area (Å²) in [6, 6.07) is 9.35. The van der Waals surface area contributed by atoms with Gasteiger partial charge >= 0.3 is 0 Å². The molecular weight excluding hydrogens is 254 g/mol. The Bertz CT molecular complexity index is 500. The van der Waals surface area contributed by atoms with Gasteiger partial charge in [0.25, 0.3) is 0 Å². The van der Waals surface area contributed by atoms with E-state index < -0.39 is 10.0 Å². The minimum absolute atomic E-state index is 0.00772. The number of aryl methyl sites for hydroxylation is 1. The molecule has 18 heavy (non-hydrogen) atoms. The van der Waals surface area contributed by atoms with Gasteiger partial charge in [-0.3, -0.25) is 0 Å². The van der Waals surface area contributed by atoms with Crippen LogP contribution in [-0.4, -0.2) is 43.1 Å². The molecule has 0 spiro atoms. The highest BCUT2D eigenvalue weighted by molar-refractivity contribution is 7.89. The Morgan fingerprint density at radius 3 is 2.56 bits per heavy atom. The summed E-state index contributed by atoms with van der Waals surface area (Å²) in [5.41, 5.74) is 6.23. The molecule has 1 aromatic rings. The number of sulfonamides is 1. The maximum atomic E-state index is 11.9. The maximum Gasteiger partial charge on any atom is 0.214 e. The zero-order valence-corrected chi connectivity index (χ0v) is 11.0. The Morgan fingerprint density at radius 1 is 1.39 bits per heavy atom. The van der Waals surface area contributed by atoms with Crippen LogP contribution in [0.4, 0.5) is 0 Å². The molecule has 0 unspecified atom stereocenters. The van der Waals surface area contributed by atoms with E-state index in [4.69, 9.17) is 10.9 Å². The van der Waals surface area contributed by atoms with Crippen LogP contribution in [0.15, 0.2) is 35.5 Å². The molecular formula is C11H17N3O3S. The van der Waals surface area contributed by atoms with Crippen LogP contribution < -0.4 is 5.73 Å². The van der Waals surface area contributed by atoms with E-state index >= 15 is 0 Å². The lowest BCUT2D eigenvalue weighted by Gasteiger charge is -2.16. The van der Waals surface area contributed by atoms with E-state index in [-0.39, 0.29) is 18.1 Å². The van der Waals surface area contributed by atoms with E-state index in [1.165, 1.54) is 7.05 Å². The van der Waals surface area contributed by atoms with E-state index in [0.29, 0.717) is 6.42 Å². The Labute approximate surface area is 107 Å². The van der Waals surface area contributed by atoms with Gasteiger partial charge in [0.1, 0.15) is 0 Å². The summed E-state index contributed by atoms with van der Waals surface area (Å²) in [4.78, 5) is 0. The molecule has 0 bridgehead atoms. The maximum absolute atomic E-state index is 11.9.